The Morgan fingerprint density at radius 3 is 2.08 bits per heavy atom. The number of hydrogen-bond donors (Lipinski definition) is 2. The van der Waals surface area contributed by atoms with Gasteiger partial charge in [0.05, 0.1) is 4.90 Å². The van der Waals surface area contributed by atoms with Crippen LogP contribution < -0.4 is 10.0 Å². The number of carbonyl (C=O) groups excluding carboxylic acids is 2. The molecule has 1 unspecified atom stereocenters. The van der Waals surface area contributed by atoms with Crippen molar-refractivity contribution < 1.29 is 18.0 Å². The molecule has 2 amide bonds. The first-order chi connectivity index (χ1) is 12.2. The Kier molecular flexibility index (Phi) is 6.15. The molecule has 2 N–H and O–H groups in total. The predicted octanol–water partition coefficient (Wildman–Crippen LogP) is 2.25. The lowest BCUT2D eigenvalue weighted by Gasteiger charge is -2.22. The number of carbonyl (C=O) groups is 2. The minimum atomic E-state index is -4.00. The van der Waals surface area contributed by atoms with E-state index in [-0.39, 0.29) is 10.8 Å². The van der Waals surface area contributed by atoms with Crippen LogP contribution in [0.2, 0.25) is 0 Å². The second-order valence-electron chi connectivity index (χ2n) is 6.29. The van der Waals surface area contributed by atoms with Gasteiger partial charge in [-0.15, -0.1) is 0 Å². The minimum absolute atomic E-state index is 0.0129. The molecular formula is C19H22N2O4S. The summed E-state index contributed by atoms with van der Waals surface area (Å²) in [5.41, 5.74) is 1.21. The molecule has 7 heteroatoms. The molecule has 0 aliphatic rings. The Hall–Kier alpha value is -2.67. The van der Waals surface area contributed by atoms with Crippen LogP contribution in [-0.4, -0.2) is 26.3 Å². The molecule has 1 atom stereocenters. The van der Waals surface area contributed by atoms with Crippen LogP contribution in [0.5, 0.6) is 0 Å². The van der Waals surface area contributed by atoms with Gasteiger partial charge in [0, 0.05) is 5.56 Å². The molecule has 0 bridgehead atoms. The summed E-state index contributed by atoms with van der Waals surface area (Å²) in [6.07, 6.45) is 0. The van der Waals surface area contributed by atoms with Gasteiger partial charge in [0.15, 0.2) is 0 Å². The standard InChI is InChI=1S/C19H22N2O4S/c1-13(2)17(20-18(22)16-12-8-7-9-14(16)3)19(23)21-26(24,25)15-10-5-4-6-11-15/h4-13,17H,1-3H3,(H,20,22)(H,21,23). The minimum Gasteiger partial charge on any atom is -0.340 e. The normalized spacial score (nSPS) is 12.5. The Balaban J connectivity index is 2.18. The van der Waals surface area contributed by atoms with Gasteiger partial charge in [-0.1, -0.05) is 50.2 Å². The molecule has 0 aromatic heterocycles. The van der Waals surface area contributed by atoms with E-state index in [4.69, 9.17) is 0 Å². The van der Waals surface area contributed by atoms with E-state index in [1.807, 2.05) is 10.8 Å². The van der Waals surface area contributed by atoms with Crippen molar-refractivity contribution in [3.05, 3.63) is 65.7 Å². The first-order valence-electron chi connectivity index (χ1n) is 8.20. The molecule has 6 nitrogen and oxygen atoms in total. The molecule has 0 aliphatic heterocycles. The highest BCUT2D eigenvalue weighted by atomic mass is 32.2. The number of sulfonamides is 1. The summed E-state index contributed by atoms with van der Waals surface area (Å²) in [4.78, 5) is 25.0. The zero-order valence-electron chi connectivity index (χ0n) is 14.9. The van der Waals surface area contributed by atoms with E-state index < -0.39 is 27.9 Å². The van der Waals surface area contributed by atoms with Crippen LogP contribution >= 0.6 is 0 Å². The fraction of sp³-hybridized carbons (Fsp3) is 0.263. The van der Waals surface area contributed by atoms with E-state index in [9.17, 15) is 18.0 Å². The lowest BCUT2D eigenvalue weighted by Crippen LogP contribution is -2.51. The van der Waals surface area contributed by atoms with Crippen molar-refractivity contribution in [3.63, 3.8) is 0 Å². The van der Waals surface area contributed by atoms with Gasteiger partial charge in [0.1, 0.15) is 6.04 Å². The third-order valence-corrected chi connectivity index (χ3v) is 5.28. The Bertz CT molecular complexity index is 893. The molecule has 0 spiro atoms. The van der Waals surface area contributed by atoms with Gasteiger partial charge in [-0.3, -0.25) is 9.59 Å². The van der Waals surface area contributed by atoms with Crippen molar-refractivity contribution in [2.24, 2.45) is 5.92 Å². The third kappa shape index (κ3) is 4.70. The number of rotatable bonds is 6. The highest BCUT2D eigenvalue weighted by Gasteiger charge is 2.28. The molecule has 26 heavy (non-hydrogen) atoms. The number of nitrogens with one attached hydrogen (secondary N) is 2. The first kappa shape index (κ1) is 19.7. The van der Waals surface area contributed by atoms with Crippen molar-refractivity contribution in [2.45, 2.75) is 31.7 Å². The number of hydrogen-bond acceptors (Lipinski definition) is 4. The summed E-state index contributed by atoms with van der Waals surface area (Å²) in [7, 11) is -4.00. The van der Waals surface area contributed by atoms with Crippen LogP contribution in [0.3, 0.4) is 0 Å². The number of benzene rings is 2. The quantitative estimate of drug-likeness (QED) is 0.811. The van der Waals surface area contributed by atoms with E-state index in [0.717, 1.165) is 5.56 Å². The van der Waals surface area contributed by atoms with Gasteiger partial charge in [-0.05, 0) is 36.6 Å². The van der Waals surface area contributed by atoms with Crippen LogP contribution in [-0.2, 0) is 14.8 Å². The van der Waals surface area contributed by atoms with Crippen LogP contribution in [0, 0.1) is 12.8 Å². The smallest absolute Gasteiger partial charge is 0.264 e. The van der Waals surface area contributed by atoms with E-state index in [2.05, 4.69) is 5.32 Å². The molecule has 0 aliphatic carbocycles. The van der Waals surface area contributed by atoms with Gasteiger partial charge >= 0.3 is 0 Å². The molecule has 0 saturated heterocycles. The number of amides is 2. The summed E-state index contributed by atoms with van der Waals surface area (Å²) in [5.74, 6) is -1.49. The summed E-state index contributed by atoms with van der Waals surface area (Å²) in [6, 6.07) is 13.6. The van der Waals surface area contributed by atoms with Crippen LogP contribution in [0.1, 0.15) is 29.8 Å². The second-order valence-corrected chi connectivity index (χ2v) is 7.98. The Labute approximate surface area is 153 Å². The fourth-order valence-electron chi connectivity index (χ4n) is 2.44. The summed E-state index contributed by atoms with van der Waals surface area (Å²) in [6.45, 7) is 5.26. The summed E-state index contributed by atoms with van der Waals surface area (Å²) < 4.78 is 26.7. The largest absolute Gasteiger partial charge is 0.340 e. The molecule has 0 fully saturated rings. The van der Waals surface area contributed by atoms with Crippen molar-refractivity contribution in [1.82, 2.24) is 10.0 Å². The maximum atomic E-state index is 12.5. The molecule has 2 aromatic carbocycles. The van der Waals surface area contributed by atoms with Crippen LogP contribution in [0.4, 0.5) is 0 Å². The van der Waals surface area contributed by atoms with Crippen molar-refractivity contribution in [1.29, 1.82) is 0 Å². The van der Waals surface area contributed by atoms with Gasteiger partial charge in [0.25, 0.3) is 21.8 Å². The van der Waals surface area contributed by atoms with Gasteiger partial charge in [0.2, 0.25) is 0 Å². The summed E-state index contributed by atoms with van der Waals surface area (Å²) >= 11 is 0. The zero-order chi connectivity index (χ0) is 19.3. The molecule has 0 saturated carbocycles. The zero-order valence-corrected chi connectivity index (χ0v) is 15.7. The maximum absolute atomic E-state index is 12.5. The van der Waals surface area contributed by atoms with Crippen molar-refractivity contribution in [2.75, 3.05) is 0 Å². The molecule has 0 radical (unpaired) electrons. The lowest BCUT2D eigenvalue weighted by atomic mass is 10.0. The second kappa shape index (κ2) is 8.14. The topological polar surface area (TPSA) is 92.3 Å². The van der Waals surface area contributed by atoms with Crippen LogP contribution in [0.15, 0.2) is 59.5 Å². The van der Waals surface area contributed by atoms with Crippen LogP contribution in [0.25, 0.3) is 0 Å². The highest BCUT2D eigenvalue weighted by molar-refractivity contribution is 7.90. The first-order valence-corrected chi connectivity index (χ1v) is 9.69. The van der Waals surface area contributed by atoms with Gasteiger partial charge in [-0.2, -0.15) is 0 Å². The van der Waals surface area contributed by atoms with Gasteiger partial charge in [-0.25, -0.2) is 13.1 Å². The molecular weight excluding hydrogens is 352 g/mol. The molecule has 138 valence electrons. The third-order valence-electron chi connectivity index (χ3n) is 3.91. The van der Waals surface area contributed by atoms with Crippen molar-refractivity contribution >= 4 is 21.8 Å². The SMILES string of the molecule is Cc1ccccc1C(=O)NC(C(=O)NS(=O)(=O)c1ccccc1)C(C)C. The Morgan fingerprint density at radius 1 is 0.923 bits per heavy atom. The average molecular weight is 374 g/mol. The lowest BCUT2D eigenvalue weighted by molar-refractivity contribution is -0.122. The molecule has 0 heterocycles. The highest BCUT2D eigenvalue weighted by Crippen LogP contribution is 2.11. The predicted molar refractivity (Wildman–Crippen MR) is 99.0 cm³/mol. The molecule has 2 aromatic rings. The molecule has 2 rings (SSSR count). The van der Waals surface area contributed by atoms with E-state index in [1.165, 1.54) is 12.1 Å². The maximum Gasteiger partial charge on any atom is 0.264 e. The Morgan fingerprint density at radius 2 is 1.50 bits per heavy atom. The van der Waals surface area contributed by atoms with E-state index in [0.29, 0.717) is 5.56 Å². The number of aryl methyl sites for hydroxylation is 1. The van der Waals surface area contributed by atoms with E-state index in [1.54, 1.807) is 57.2 Å². The summed E-state index contributed by atoms with van der Waals surface area (Å²) in [5, 5.41) is 2.63. The monoisotopic (exact) mass is 374 g/mol. The van der Waals surface area contributed by atoms with Gasteiger partial charge < -0.3 is 5.32 Å². The van der Waals surface area contributed by atoms with Crippen molar-refractivity contribution in [3.8, 4) is 0 Å². The average Bonchev–Trinajstić information content (AvgIpc) is 2.60. The fourth-order valence-corrected chi connectivity index (χ4v) is 3.46. The van der Waals surface area contributed by atoms with E-state index >= 15 is 0 Å².